The number of nitrogens with zero attached hydrogens (tertiary/aromatic N) is 4. The van der Waals surface area contributed by atoms with Crippen LogP contribution in [0.2, 0.25) is 0 Å². The van der Waals surface area contributed by atoms with Crippen LogP contribution in [-0.4, -0.2) is 32.7 Å². The van der Waals surface area contributed by atoms with Crippen LogP contribution in [0.1, 0.15) is 38.5 Å². The number of H-pyrrole nitrogens is 2. The Labute approximate surface area is 159 Å². The highest BCUT2D eigenvalue weighted by molar-refractivity contribution is 7.73. The topological polar surface area (TPSA) is 66.2 Å². The van der Waals surface area contributed by atoms with Crippen LogP contribution in [0.15, 0.2) is 9.98 Å². The average Bonchev–Trinajstić information content (AvgIpc) is 3.02. The maximum absolute atomic E-state index is 5.10. The first-order chi connectivity index (χ1) is 11.6. The number of rotatable bonds is 9. The number of aromatic nitrogens is 4. The largest absolute Gasteiger partial charge is 0.278 e. The minimum atomic E-state index is 0.777. The molecule has 2 heterocycles. The fourth-order valence-electron chi connectivity index (χ4n) is 2.27. The molecule has 2 rings (SSSR count). The van der Waals surface area contributed by atoms with Gasteiger partial charge < -0.3 is 0 Å². The quantitative estimate of drug-likeness (QED) is 0.497. The van der Waals surface area contributed by atoms with E-state index in [0.29, 0.717) is 0 Å². The van der Waals surface area contributed by atoms with Gasteiger partial charge in [-0.3, -0.25) is 29.5 Å². The third-order valence-corrected chi connectivity index (χ3v) is 5.93. The fourth-order valence-corrected chi connectivity index (χ4v) is 4.37. The molecule has 0 bridgehead atoms. The Kier molecular flexibility index (Phi) is 8.30. The zero-order valence-corrected chi connectivity index (χ0v) is 17.3. The second kappa shape index (κ2) is 10.2. The normalized spacial score (nSPS) is 13.1. The molecule has 134 valence electrons. The summed E-state index contributed by atoms with van der Waals surface area (Å²) in [5.41, 5.74) is 0. The van der Waals surface area contributed by atoms with Gasteiger partial charge in [-0.15, -0.1) is 0 Å². The van der Waals surface area contributed by atoms with E-state index in [9.17, 15) is 0 Å². The van der Waals surface area contributed by atoms with Crippen molar-refractivity contribution >= 4 is 47.1 Å². The second-order valence-electron chi connectivity index (χ2n) is 5.57. The minimum absolute atomic E-state index is 0.777. The molecule has 6 nitrogen and oxygen atoms in total. The zero-order chi connectivity index (χ0) is 17.4. The highest BCUT2D eigenvalue weighted by atomic mass is 32.2. The summed E-state index contributed by atoms with van der Waals surface area (Å²) in [5, 5.41) is 6.09. The van der Waals surface area contributed by atoms with Gasteiger partial charge in [0.2, 0.25) is 9.60 Å². The van der Waals surface area contributed by atoms with Crippen molar-refractivity contribution in [3.05, 3.63) is 17.5 Å². The monoisotopic (exact) mass is 404 g/mol. The summed E-state index contributed by atoms with van der Waals surface area (Å²) >= 11 is 13.3. The molecule has 0 atom stereocenters. The lowest BCUT2D eigenvalue weighted by Gasteiger charge is -1.99. The Bertz CT molecular complexity index is 787. The lowest BCUT2D eigenvalue weighted by Crippen LogP contribution is -2.12. The van der Waals surface area contributed by atoms with Gasteiger partial charge in [-0.05, 0) is 37.3 Å². The molecule has 2 N–H and O–H groups in total. The van der Waals surface area contributed by atoms with Crippen molar-refractivity contribution < 1.29 is 0 Å². The van der Waals surface area contributed by atoms with Gasteiger partial charge in [-0.1, -0.05) is 48.4 Å². The van der Waals surface area contributed by atoms with E-state index in [2.05, 4.69) is 20.2 Å². The molecule has 0 aromatic carbocycles. The summed E-state index contributed by atoms with van der Waals surface area (Å²) in [6, 6.07) is 0. The standard InChI is InChI=1S/C14H24N6S4/c1-19-11(23-13(21)17-19)15-9-7-5-3-4-6-8-10-16-12-20(2)18-14(22)24-12/h3-10H2,1-2H3,(H,17,21)(H,18,22). The molecule has 0 saturated heterocycles. The van der Waals surface area contributed by atoms with Gasteiger partial charge in [0.05, 0.1) is 0 Å². The molecule has 0 aliphatic rings. The Hall–Kier alpha value is -0.840. The maximum Gasteiger partial charge on any atom is 0.202 e. The van der Waals surface area contributed by atoms with E-state index < -0.39 is 0 Å². The van der Waals surface area contributed by atoms with E-state index in [1.165, 1.54) is 48.4 Å². The Morgan fingerprint density at radius 1 is 0.750 bits per heavy atom. The van der Waals surface area contributed by atoms with E-state index in [4.69, 9.17) is 24.4 Å². The van der Waals surface area contributed by atoms with Crippen molar-refractivity contribution in [3.8, 4) is 0 Å². The molecule has 0 fully saturated rings. The van der Waals surface area contributed by atoms with E-state index in [0.717, 1.165) is 43.4 Å². The first-order valence-electron chi connectivity index (χ1n) is 8.09. The summed E-state index contributed by atoms with van der Waals surface area (Å²) in [4.78, 5) is 11.1. The van der Waals surface area contributed by atoms with Gasteiger partial charge in [-0.2, -0.15) is 0 Å². The molecule has 10 heteroatoms. The third-order valence-electron chi connectivity index (χ3n) is 3.52. The van der Waals surface area contributed by atoms with Crippen molar-refractivity contribution in [2.45, 2.75) is 38.5 Å². The van der Waals surface area contributed by atoms with Gasteiger partial charge in [0.25, 0.3) is 0 Å². The molecular formula is C14H24N6S4. The first kappa shape index (κ1) is 19.5. The molecule has 0 radical (unpaired) electrons. The maximum atomic E-state index is 5.10. The lowest BCUT2D eigenvalue weighted by molar-refractivity contribution is 0.593. The second-order valence-corrected chi connectivity index (χ2v) is 8.86. The molecule has 0 saturated carbocycles. The number of nitrogens with one attached hydrogen (secondary N) is 2. The van der Waals surface area contributed by atoms with Crippen molar-refractivity contribution in [2.24, 2.45) is 24.1 Å². The van der Waals surface area contributed by atoms with Gasteiger partial charge >= 0.3 is 0 Å². The molecule has 0 spiro atoms. The van der Waals surface area contributed by atoms with Crippen LogP contribution >= 0.6 is 47.1 Å². The zero-order valence-electron chi connectivity index (χ0n) is 14.1. The highest BCUT2D eigenvalue weighted by Crippen LogP contribution is 2.05. The molecule has 2 aromatic rings. The van der Waals surface area contributed by atoms with E-state index in [1.54, 1.807) is 0 Å². The summed E-state index contributed by atoms with van der Waals surface area (Å²) < 4.78 is 5.33. The fraction of sp³-hybridized carbons (Fsp3) is 0.714. The summed E-state index contributed by atoms with van der Waals surface area (Å²) in [6.07, 6.45) is 7.26. The van der Waals surface area contributed by atoms with Crippen molar-refractivity contribution in [3.63, 3.8) is 0 Å². The minimum Gasteiger partial charge on any atom is -0.278 e. The highest BCUT2D eigenvalue weighted by Gasteiger charge is 1.94. The molecule has 24 heavy (non-hydrogen) atoms. The van der Waals surface area contributed by atoms with Crippen LogP contribution in [0.5, 0.6) is 0 Å². The van der Waals surface area contributed by atoms with Crippen LogP contribution in [0.4, 0.5) is 0 Å². The summed E-state index contributed by atoms with van der Waals surface area (Å²) in [6.45, 7) is 1.75. The number of hydrogen-bond donors (Lipinski definition) is 2. The van der Waals surface area contributed by atoms with Crippen LogP contribution in [0.3, 0.4) is 0 Å². The molecule has 2 aromatic heterocycles. The van der Waals surface area contributed by atoms with Crippen LogP contribution in [0.25, 0.3) is 0 Å². The molecule has 0 aliphatic carbocycles. The van der Waals surface area contributed by atoms with Crippen molar-refractivity contribution in [1.29, 1.82) is 0 Å². The van der Waals surface area contributed by atoms with Gasteiger partial charge in [-0.25, -0.2) is 0 Å². The smallest absolute Gasteiger partial charge is 0.202 e. The number of unbranched alkanes of at least 4 members (excludes halogenated alkanes) is 5. The lowest BCUT2D eigenvalue weighted by atomic mass is 10.1. The number of hydrogen-bond acceptors (Lipinski definition) is 6. The number of aryl methyl sites for hydroxylation is 2. The van der Waals surface area contributed by atoms with E-state index in [1.807, 2.05) is 23.5 Å². The first-order valence-corrected chi connectivity index (χ1v) is 10.5. The van der Waals surface area contributed by atoms with Crippen molar-refractivity contribution in [1.82, 2.24) is 19.6 Å². The predicted molar refractivity (Wildman–Crippen MR) is 106 cm³/mol. The van der Waals surface area contributed by atoms with Crippen LogP contribution in [0, 0.1) is 7.91 Å². The Balaban J connectivity index is 1.54. The van der Waals surface area contributed by atoms with Crippen LogP contribution in [-0.2, 0) is 14.1 Å². The summed E-state index contributed by atoms with van der Waals surface area (Å²) in [5.74, 6) is 0. The van der Waals surface area contributed by atoms with E-state index >= 15 is 0 Å². The molecular weight excluding hydrogens is 380 g/mol. The van der Waals surface area contributed by atoms with Gasteiger partial charge in [0, 0.05) is 27.2 Å². The summed E-state index contributed by atoms with van der Waals surface area (Å²) in [7, 11) is 3.89. The molecule has 0 aliphatic heterocycles. The number of aromatic amines is 2. The van der Waals surface area contributed by atoms with Gasteiger partial charge in [0.15, 0.2) is 7.91 Å². The Morgan fingerprint density at radius 3 is 1.46 bits per heavy atom. The molecule has 0 amide bonds. The Morgan fingerprint density at radius 2 is 1.12 bits per heavy atom. The van der Waals surface area contributed by atoms with Crippen LogP contribution < -0.4 is 9.60 Å². The van der Waals surface area contributed by atoms with Gasteiger partial charge in [0.1, 0.15) is 0 Å². The molecule has 0 unspecified atom stereocenters. The average molecular weight is 405 g/mol. The third kappa shape index (κ3) is 6.58. The predicted octanol–water partition coefficient (Wildman–Crippen LogP) is 3.44. The van der Waals surface area contributed by atoms with E-state index in [-0.39, 0.29) is 0 Å². The SMILES string of the molecule is Cn1[nH]c(=S)sc1=NCCCCCCCCN=c1sc(=S)[nH]n1C. The van der Waals surface area contributed by atoms with Crippen molar-refractivity contribution in [2.75, 3.05) is 13.1 Å².